The zero-order valence-electron chi connectivity index (χ0n) is 21.0. The minimum atomic E-state index is -0.803. The van der Waals surface area contributed by atoms with E-state index < -0.39 is 17.7 Å². The number of aliphatic hydroxyl groups excluding tert-OH is 1. The Morgan fingerprint density at radius 1 is 1.08 bits per heavy atom. The number of amides is 1. The maximum Gasteiger partial charge on any atom is 0.295 e. The standard InChI is InChI=1S/C30H30N2O4/c1-18-11-12-20(30(2,3)4)16-22(18)27(33)25-26(24-10-7-15-36-24)32(29(35)28(25)34)14-13-19-17-31-23-9-6-5-8-21(19)23/h5-12,15-17,26,31,33H,13-14H2,1-4H3/b27-25+. The second kappa shape index (κ2) is 8.86. The van der Waals surface area contributed by atoms with Crippen LogP contribution in [0.1, 0.15) is 54.8 Å². The van der Waals surface area contributed by atoms with Gasteiger partial charge in [-0.05, 0) is 59.7 Å². The van der Waals surface area contributed by atoms with E-state index in [1.165, 1.54) is 11.2 Å². The van der Waals surface area contributed by atoms with Gasteiger partial charge in [-0.15, -0.1) is 0 Å². The summed E-state index contributed by atoms with van der Waals surface area (Å²) in [5, 5.41) is 12.6. The van der Waals surface area contributed by atoms with Gasteiger partial charge in [0.1, 0.15) is 17.6 Å². The van der Waals surface area contributed by atoms with Gasteiger partial charge in [-0.3, -0.25) is 9.59 Å². The predicted molar refractivity (Wildman–Crippen MR) is 140 cm³/mol. The van der Waals surface area contributed by atoms with Crippen molar-refractivity contribution in [2.75, 3.05) is 6.54 Å². The molecule has 0 aliphatic carbocycles. The summed E-state index contributed by atoms with van der Waals surface area (Å²) in [5.41, 5.74) is 4.39. The number of ketones is 1. The van der Waals surface area contributed by atoms with Crippen molar-refractivity contribution in [3.8, 4) is 0 Å². The highest BCUT2D eigenvalue weighted by atomic mass is 16.3. The molecule has 2 aromatic carbocycles. The highest BCUT2D eigenvalue weighted by Crippen LogP contribution is 2.41. The van der Waals surface area contributed by atoms with E-state index in [0.717, 1.165) is 27.6 Å². The number of Topliss-reactive ketones (excluding diaryl/α,β-unsaturated/α-hetero) is 1. The Hall–Kier alpha value is -4.06. The van der Waals surface area contributed by atoms with Gasteiger partial charge < -0.3 is 19.4 Å². The van der Waals surface area contributed by atoms with Gasteiger partial charge in [0.25, 0.3) is 11.7 Å². The van der Waals surface area contributed by atoms with Crippen LogP contribution in [0.2, 0.25) is 0 Å². The third-order valence-electron chi connectivity index (χ3n) is 7.01. The maximum atomic E-state index is 13.3. The van der Waals surface area contributed by atoms with Crippen LogP contribution in [0.5, 0.6) is 0 Å². The molecule has 3 heterocycles. The van der Waals surface area contributed by atoms with E-state index in [2.05, 4.69) is 25.8 Å². The average molecular weight is 483 g/mol. The second-order valence-electron chi connectivity index (χ2n) is 10.4. The minimum Gasteiger partial charge on any atom is -0.507 e. The summed E-state index contributed by atoms with van der Waals surface area (Å²) < 4.78 is 5.68. The van der Waals surface area contributed by atoms with E-state index in [1.54, 1.807) is 12.1 Å². The van der Waals surface area contributed by atoms with E-state index in [9.17, 15) is 14.7 Å². The summed E-state index contributed by atoms with van der Waals surface area (Å²) in [6, 6.07) is 16.5. The molecule has 0 radical (unpaired) electrons. The Kier molecular flexibility index (Phi) is 5.83. The van der Waals surface area contributed by atoms with Gasteiger partial charge in [-0.25, -0.2) is 0 Å². The number of aryl methyl sites for hydroxylation is 1. The molecule has 1 saturated heterocycles. The number of hydrogen-bond acceptors (Lipinski definition) is 4. The number of furan rings is 1. The number of benzene rings is 2. The number of H-pyrrole nitrogens is 1. The van der Waals surface area contributed by atoms with E-state index in [-0.39, 0.29) is 16.7 Å². The van der Waals surface area contributed by atoms with Crippen molar-refractivity contribution in [3.05, 3.63) is 101 Å². The highest BCUT2D eigenvalue weighted by molar-refractivity contribution is 6.46. The zero-order valence-corrected chi connectivity index (χ0v) is 21.0. The first-order chi connectivity index (χ1) is 17.2. The molecule has 1 aliphatic heterocycles. The molecule has 5 rings (SSSR count). The molecular formula is C30H30N2O4. The largest absolute Gasteiger partial charge is 0.507 e. The molecule has 1 aliphatic rings. The Labute approximate surface area is 210 Å². The summed E-state index contributed by atoms with van der Waals surface area (Å²) in [7, 11) is 0. The van der Waals surface area contributed by atoms with Gasteiger partial charge in [0.15, 0.2) is 0 Å². The van der Waals surface area contributed by atoms with Gasteiger partial charge in [-0.2, -0.15) is 0 Å². The number of aromatic amines is 1. The van der Waals surface area contributed by atoms with Crippen molar-refractivity contribution in [2.24, 2.45) is 0 Å². The van der Waals surface area contributed by atoms with Gasteiger partial charge in [-0.1, -0.05) is 51.1 Å². The van der Waals surface area contributed by atoms with E-state index in [1.807, 2.05) is 55.6 Å². The topological polar surface area (TPSA) is 86.5 Å². The fraction of sp³-hybridized carbons (Fsp3) is 0.267. The number of nitrogens with one attached hydrogen (secondary N) is 1. The predicted octanol–water partition coefficient (Wildman–Crippen LogP) is 6.03. The van der Waals surface area contributed by atoms with Gasteiger partial charge >= 0.3 is 0 Å². The lowest BCUT2D eigenvalue weighted by Crippen LogP contribution is -2.31. The Balaban J connectivity index is 1.57. The average Bonchev–Trinajstić information content (AvgIpc) is 3.57. The molecule has 2 aromatic heterocycles. The number of carbonyl (C=O) groups excluding carboxylic acids is 2. The summed E-state index contributed by atoms with van der Waals surface area (Å²) in [5.74, 6) is -1.07. The molecular weight excluding hydrogens is 452 g/mol. The number of fused-ring (bicyclic) bond motifs is 1. The van der Waals surface area contributed by atoms with Crippen LogP contribution in [-0.4, -0.2) is 33.2 Å². The number of aromatic nitrogens is 1. The molecule has 1 fully saturated rings. The Morgan fingerprint density at radius 3 is 2.58 bits per heavy atom. The molecule has 36 heavy (non-hydrogen) atoms. The normalized spacial score (nSPS) is 17.9. The number of carbonyl (C=O) groups is 2. The van der Waals surface area contributed by atoms with Crippen LogP contribution in [-0.2, 0) is 21.4 Å². The molecule has 4 aromatic rings. The summed E-state index contributed by atoms with van der Waals surface area (Å²) in [4.78, 5) is 31.4. The van der Waals surface area contributed by atoms with E-state index in [0.29, 0.717) is 24.3 Å². The summed E-state index contributed by atoms with van der Waals surface area (Å²) >= 11 is 0. The quantitative estimate of drug-likeness (QED) is 0.207. The molecule has 6 nitrogen and oxygen atoms in total. The van der Waals surface area contributed by atoms with Crippen molar-refractivity contribution < 1.29 is 19.1 Å². The van der Waals surface area contributed by atoms with Crippen LogP contribution in [0, 0.1) is 6.92 Å². The highest BCUT2D eigenvalue weighted by Gasteiger charge is 2.47. The van der Waals surface area contributed by atoms with Crippen molar-refractivity contribution in [2.45, 2.75) is 45.6 Å². The number of hydrogen-bond donors (Lipinski definition) is 2. The molecule has 1 amide bonds. The first-order valence-corrected chi connectivity index (χ1v) is 12.1. The number of rotatable bonds is 5. The van der Waals surface area contributed by atoms with E-state index in [4.69, 9.17) is 4.42 Å². The number of nitrogens with zero attached hydrogens (tertiary/aromatic N) is 1. The first-order valence-electron chi connectivity index (χ1n) is 12.1. The number of para-hydroxylation sites is 1. The molecule has 0 spiro atoms. The maximum absolute atomic E-state index is 13.3. The molecule has 0 bridgehead atoms. The Morgan fingerprint density at radius 2 is 1.86 bits per heavy atom. The number of likely N-dealkylation sites (tertiary alicyclic amines) is 1. The lowest BCUT2D eigenvalue weighted by Gasteiger charge is -2.24. The summed E-state index contributed by atoms with van der Waals surface area (Å²) in [6.45, 7) is 8.46. The first kappa shape index (κ1) is 23.7. The lowest BCUT2D eigenvalue weighted by molar-refractivity contribution is -0.140. The molecule has 2 N–H and O–H groups in total. The van der Waals surface area contributed by atoms with Crippen molar-refractivity contribution in [1.29, 1.82) is 0 Å². The fourth-order valence-electron chi connectivity index (χ4n) is 4.92. The third-order valence-corrected chi connectivity index (χ3v) is 7.01. The molecule has 0 saturated carbocycles. The van der Waals surface area contributed by atoms with Gasteiger partial charge in [0, 0.05) is 29.2 Å². The van der Waals surface area contributed by atoms with Gasteiger partial charge in [0.2, 0.25) is 0 Å². The van der Waals surface area contributed by atoms with Gasteiger partial charge in [0.05, 0.1) is 11.8 Å². The molecule has 184 valence electrons. The zero-order chi connectivity index (χ0) is 25.6. The van der Waals surface area contributed by atoms with Crippen LogP contribution < -0.4 is 0 Å². The van der Waals surface area contributed by atoms with Crippen LogP contribution in [0.15, 0.2) is 77.0 Å². The molecule has 1 atom stereocenters. The summed E-state index contributed by atoms with van der Waals surface area (Å²) in [6.07, 6.45) is 4.00. The fourth-order valence-corrected chi connectivity index (χ4v) is 4.92. The minimum absolute atomic E-state index is 0.0584. The third kappa shape index (κ3) is 4.02. The number of aliphatic hydroxyl groups is 1. The second-order valence-corrected chi connectivity index (χ2v) is 10.4. The molecule has 6 heteroatoms. The Bertz CT molecular complexity index is 1480. The smallest absolute Gasteiger partial charge is 0.295 e. The van der Waals surface area contributed by atoms with Crippen LogP contribution in [0.25, 0.3) is 16.7 Å². The SMILES string of the molecule is Cc1ccc(C(C)(C)C)cc1/C(O)=C1\C(=O)C(=O)N(CCc2c[nH]c3ccccc23)C1c1ccco1. The van der Waals surface area contributed by atoms with Crippen molar-refractivity contribution in [3.63, 3.8) is 0 Å². The van der Waals surface area contributed by atoms with Crippen molar-refractivity contribution in [1.82, 2.24) is 9.88 Å². The van der Waals surface area contributed by atoms with Crippen LogP contribution in [0.4, 0.5) is 0 Å². The monoisotopic (exact) mass is 482 g/mol. The lowest BCUT2D eigenvalue weighted by atomic mass is 9.84. The van der Waals surface area contributed by atoms with E-state index >= 15 is 0 Å². The molecule has 1 unspecified atom stereocenters. The van der Waals surface area contributed by atoms with Crippen molar-refractivity contribution >= 4 is 28.4 Å². The van der Waals surface area contributed by atoms with Crippen LogP contribution in [0.3, 0.4) is 0 Å². The van der Waals surface area contributed by atoms with Crippen LogP contribution >= 0.6 is 0 Å².